The summed E-state index contributed by atoms with van der Waals surface area (Å²) in [7, 11) is 0. The third-order valence-corrected chi connectivity index (χ3v) is 4.34. The molecule has 5 atom stereocenters. The summed E-state index contributed by atoms with van der Waals surface area (Å²) in [6.07, 6.45) is -5.73. The summed E-state index contributed by atoms with van der Waals surface area (Å²) in [5.74, 6) is 0. The number of amides is 2. The SMILES string of the molecule is CCc1cccc(C)c1N1C(=O)N[C@H]([C@H](O)[C@H](O)[C@H](O)CO)[C@H]1O. The minimum Gasteiger partial charge on any atom is -0.394 e. The molecule has 0 unspecified atom stereocenters. The molecule has 8 heteroatoms. The third kappa shape index (κ3) is 3.24. The van der Waals surface area contributed by atoms with Crippen LogP contribution in [0.1, 0.15) is 18.1 Å². The lowest BCUT2D eigenvalue weighted by molar-refractivity contribution is -0.0947. The Hall–Kier alpha value is -1.71. The molecular weight excluding hydrogens is 316 g/mol. The molecule has 2 amide bonds. The maximum Gasteiger partial charge on any atom is 0.324 e. The minimum atomic E-state index is -1.71. The topological polar surface area (TPSA) is 133 Å². The lowest BCUT2D eigenvalue weighted by Crippen LogP contribution is -2.53. The van der Waals surface area contributed by atoms with Crippen LogP contribution in [0.5, 0.6) is 0 Å². The number of aryl methyl sites for hydroxylation is 2. The Kier molecular flexibility index (Phi) is 5.79. The highest BCUT2D eigenvalue weighted by molar-refractivity contribution is 5.96. The van der Waals surface area contributed by atoms with Crippen molar-refractivity contribution in [3.05, 3.63) is 29.3 Å². The van der Waals surface area contributed by atoms with E-state index in [1.54, 1.807) is 0 Å². The van der Waals surface area contributed by atoms with Crippen molar-refractivity contribution in [2.45, 2.75) is 50.8 Å². The second-order valence-electron chi connectivity index (χ2n) is 5.93. The molecule has 1 heterocycles. The number of nitrogens with zero attached hydrogens (tertiary/aromatic N) is 1. The number of aliphatic hydroxyl groups is 5. The van der Waals surface area contributed by atoms with Gasteiger partial charge in [0.15, 0.2) is 6.23 Å². The fourth-order valence-electron chi connectivity index (χ4n) is 2.96. The van der Waals surface area contributed by atoms with E-state index < -0.39 is 43.2 Å². The van der Waals surface area contributed by atoms with Crippen LogP contribution in [-0.4, -0.2) is 68.8 Å². The number of hydrogen-bond acceptors (Lipinski definition) is 6. The molecule has 6 N–H and O–H groups in total. The molecule has 0 aliphatic carbocycles. The van der Waals surface area contributed by atoms with Gasteiger partial charge in [0.25, 0.3) is 0 Å². The van der Waals surface area contributed by atoms with E-state index in [9.17, 15) is 25.2 Å². The Labute approximate surface area is 140 Å². The first-order valence-electron chi connectivity index (χ1n) is 7.84. The van der Waals surface area contributed by atoms with Gasteiger partial charge in [0.2, 0.25) is 0 Å². The number of urea groups is 1. The molecule has 1 fully saturated rings. The Balaban J connectivity index is 2.31. The minimum absolute atomic E-state index is 0.553. The van der Waals surface area contributed by atoms with Crippen molar-refractivity contribution in [3.8, 4) is 0 Å². The van der Waals surface area contributed by atoms with Gasteiger partial charge in [0, 0.05) is 0 Å². The second kappa shape index (κ2) is 7.45. The number of aliphatic hydroxyl groups excluding tert-OH is 5. The maximum absolute atomic E-state index is 12.3. The second-order valence-corrected chi connectivity index (χ2v) is 5.93. The zero-order valence-electron chi connectivity index (χ0n) is 13.6. The molecule has 0 aromatic heterocycles. The summed E-state index contributed by atoms with van der Waals surface area (Å²) in [6, 6.07) is 3.68. The predicted octanol–water partition coefficient (Wildman–Crippen LogP) is -1.15. The highest BCUT2D eigenvalue weighted by atomic mass is 16.4. The van der Waals surface area contributed by atoms with Crippen molar-refractivity contribution in [2.75, 3.05) is 11.5 Å². The molecule has 1 aromatic rings. The molecule has 1 aliphatic heterocycles. The third-order valence-electron chi connectivity index (χ3n) is 4.34. The zero-order chi connectivity index (χ0) is 18.0. The van der Waals surface area contributed by atoms with Crippen molar-refractivity contribution in [1.82, 2.24) is 5.32 Å². The Bertz CT molecular complexity index is 596. The van der Waals surface area contributed by atoms with Gasteiger partial charge >= 0.3 is 6.03 Å². The number of nitrogens with one attached hydrogen (secondary N) is 1. The molecule has 0 saturated carbocycles. The van der Waals surface area contributed by atoms with E-state index in [0.717, 1.165) is 16.0 Å². The van der Waals surface area contributed by atoms with Gasteiger partial charge in [-0.1, -0.05) is 25.1 Å². The Morgan fingerprint density at radius 2 is 1.96 bits per heavy atom. The van der Waals surface area contributed by atoms with Gasteiger partial charge in [0.1, 0.15) is 24.4 Å². The average Bonchev–Trinajstić information content (AvgIpc) is 2.87. The van der Waals surface area contributed by atoms with E-state index in [0.29, 0.717) is 12.1 Å². The largest absolute Gasteiger partial charge is 0.394 e. The first-order valence-corrected chi connectivity index (χ1v) is 7.84. The highest BCUT2D eigenvalue weighted by Gasteiger charge is 2.46. The van der Waals surface area contributed by atoms with Crippen LogP contribution < -0.4 is 10.2 Å². The lowest BCUT2D eigenvalue weighted by atomic mass is 9.99. The van der Waals surface area contributed by atoms with E-state index in [-0.39, 0.29) is 0 Å². The van der Waals surface area contributed by atoms with Crippen LogP contribution in [0.25, 0.3) is 0 Å². The van der Waals surface area contributed by atoms with Crippen LogP contribution in [0, 0.1) is 6.92 Å². The summed E-state index contributed by atoms with van der Waals surface area (Å²) in [5.41, 5.74) is 2.20. The number of carbonyl (C=O) groups excluding carboxylic acids is 1. The number of rotatable bonds is 6. The number of anilines is 1. The van der Waals surface area contributed by atoms with Gasteiger partial charge in [-0.05, 0) is 24.5 Å². The van der Waals surface area contributed by atoms with Crippen molar-refractivity contribution in [3.63, 3.8) is 0 Å². The molecule has 134 valence electrons. The van der Waals surface area contributed by atoms with Gasteiger partial charge in [-0.3, -0.25) is 4.90 Å². The molecule has 1 saturated heterocycles. The van der Waals surface area contributed by atoms with E-state index in [2.05, 4.69) is 5.32 Å². The highest BCUT2D eigenvalue weighted by Crippen LogP contribution is 2.31. The lowest BCUT2D eigenvalue weighted by Gasteiger charge is -2.30. The molecule has 1 aliphatic rings. The van der Waals surface area contributed by atoms with Crippen molar-refractivity contribution >= 4 is 11.7 Å². The van der Waals surface area contributed by atoms with E-state index in [4.69, 9.17) is 5.11 Å². The first-order chi connectivity index (χ1) is 11.3. The zero-order valence-corrected chi connectivity index (χ0v) is 13.6. The van der Waals surface area contributed by atoms with Gasteiger partial charge < -0.3 is 30.8 Å². The summed E-state index contributed by atoms with van der Waals surface area (Å²) >= 11 is 0. The maximum atomic E-state index is 12.3. The predicted molar refractivity (Wildman–Crippen MR) is 86.5 cm³/mol. The van der Waals surface area contributed by atoms with E-state index >= 15 is 0 Å². The molecule has 0 radical (unpaired) electrons. The summed E-state index contributed by atoms with van der Waals surface area (Å²) < 4.78 is 0. The number of carbonyl (C=O) groups is 1. The molecule has 24 heavy (non-hydrogen) atoms. The van der Waals surface area contributed by atoms with Crippen molar-refractivity contribution in [1.29, 1.82) is 0 Å². The van der Waals surface area contributed by atoms with Gasteiger partial charge in [0.05, 0.1) is 12.3 Å². The number of benzene rings is 1. The van der Waals surface area contributed by atoms with Crippen molar-refractivity contribution in [2.24, 2.45) is 0 Å². The fourth-order valence-corrected chi connectivity index (χ4v) is 2.96. The van der Waals surface area contributed by atoms with Gasteiger partial charge in [-0.2, -0.15) is 0 Å². The molecule has 0 bridgehead atoms. The first kappa shape index (κ1) is 18.6. The average molecular weight is 340 g/mol. The van der Waals surface area contributed by atoms with Crippen LogP contribution in [0.4, 0.5) is 10.5 Å². The van der Waals surface area contributed by atoms with Crippen LogP contribution in [-0.2, 0) is 6.42 Å². The quantitative estimate of drug-likeness (QED) is 0.387. The van der Waals surface area contributed by atoms with Crippen LogP contribution in [0.2, 0.25) is 0 Å². The van der Waals surface area contributed by atoms with Crippen molar-refractivity contribution < 1.29 is 30.3 Å². The van der Waals surface area contributed by atoms with E-state index in [1.807, 2.05) is 32.0 Å². The van der Waals surface area contributed by atoms with Gasteiger partial charge in [-0.25, -0.2) is 4.79 Å². The molecule has 0 spiro atoms. The molecule has 2 rings (SSSR count). The van der Waals surface area contributed by atoms with E-state index in [1.165, 1.54) is 0 Å². The Morgan fingerprint density at radius 1 is 1.29 bits per heavy atom. The summed E-state index contributed by atoms with van der Waals surface area (Å²) in [6.45, 7) is 2.98. The Morgan fingerprint density at radius 3 is 2.54 bits per heavy atom. The normalized spacial score (nSPS) is 24.6. The smallest absolute Gasteiger partial charge is 0.324 e. The van der Waals surface area contributed by atoms with Crippen LogP contribution >= 0.6 is 0 Å². The summed E-state index contributed by atoms with van der Waals surface area (Å²) in [5, 5.41) is 51.2. The number of hydrogen-bond donors (Lipinski definition) is 6. The fraction of sp³-hybridized carbons (Fsp3) is 0.562. The molecular formula is C16H24N2O6. The van der Waals surface area contributed by atoms with Gasteiger partial charge in [-0.15, -0.1) is 0 Å². The monoisotopic (exact) mass is 340 g/mol. The molecule has 1 aromatic carbocycles. The number of para-hydroxylation sites is 1. The molecule has 8 nitrogen and oxygen atoms in total. The summed E-state index contributed by atoms with van der Waals surface area (Å²) in [4.78, 5) is 13.5. The van der Waals surface area contributed by atoms with Crippen LogP contribution in [0.15, 0.2) is 18.2 Å². The van der Waals surface area contributed by atoms with Crippen LogP contribution in [0.3, 0.4) is 0 Å². The standard InChI is InChI=1S/C16H24N2O6/c1-3-9-6-4-5-8(2)12(9)18-15(23)11(17-16(18)24)14(22)13(21)10(20)7-19/h4-6,10-11,13-15,19-23H,3,7H2,1-2H3,(H,17,24)/t10-,11-,13-,14+,15-/m1/s1.